The number of phenols is 3. The number of carbonyl (C=O) groups excluding carboxylic acids is 7. The number of amides is 7. The number of carboxylic acid groups (broad SMARTS) is 1. The Labute approximate surface area is 633 Å². The molecule has 3 fully saturated rings. The topological polar surface area (TPSA) is 575 Å². The Morgan fingerprint density at radius 2 is 1.27 bits per heavy atom. The highest BCUT2D eigenvalue weighted by molar-refractivity contribution is 6.32. The zero-order valence-corrected chi connectivity index (χ0v) is 61.1. The number of likely N-dealkylation sites (N-methyl/N-ethyl adjacent to an activating group) is 1. The van der Waals surface area contributed by atoms with E-state index in [2.05, 4.69) is 37.2 Å². The summed E-state index contributed by atoms with van der Waals surface area (Å²) in [6.07, 6.45) is -22.4. The predicted octanol–water partition coefficient (Wildman–Crippen LogP) is -0.310. The molecule has 11 bridgehead atoms. The van der Waals surface area contributed by atoms with Crippen LogP contribution in [-0.2, 0) is 62.0 Å². The van der Waals surface area contributed by atoms with Crippen molar-refractivity contribution < 1.29 is 127 Å². The number of carbonyl (C=O) groups is 8. The smallest absolute Gasteiger partial charge is 0.330 e. The maximum atomic E-state index is 16.3. The van der Waals surface area contributed by atoms with Crippen LogP contribution in [0.25, 0.3) is 11.1 Å². The fourth-order valence-corrected chi connectivity index (χ4v) is 14.4. The van der Waals surface area contributed by atoms with Crippen LogP contribution in [0.4, 0.5) is 0 Å². The quantitative estimate of drug-likeness (QED) is 0.0639. The zero-order chi connectivity index (χ0) is 80.0. The Morgan fingerprint density at radius 1 is 0.673 bits per heavy atom. The van der Waals surface area contributed by atoms with Crippen molar-refractivity contribution in [3.05, 3.63) is 118 Å². The molecule has 5 aromatic carbocycles. The summed E-state index contributed by atoms with van der Waals surface area (Å²) in [5.74, 6) is -15.5. The van der Waals surface area contributed by atoms with Crippen LogP contribution in [0.5, 0.6) is 46.0 Å². The second-order valence-corrected chi connectivity index (χ2v) is 29.5. The van der Waals surface area contributed by atoms with Crippen molar-refractivity contribution >= 4 is 58.9 Å². The van der Waals surface area contributed by atoms with Crippen LogP contribution in [0.2, 0.25) is 5.02 Å². The third-order valence-electron chi connectivity index (χ3n) is 20.1. The third kappa shape index (κ3) is 17.3. The van der Waals surface area contributed by atoms with Crippen LogP contribution in [0, 0.1) is 5.92 Å². The van der Waals surface area contributed by atoms with Gasteiger partial charge in [0.25, 0.3) is 0 Å². The van der Waals surface area contributed by atoms with E-state index in [0.29, 0.717) is 0 Å². The lowest BCUT2D eigenvalue weighted by atomic mass is 9.86. The van der Waals surface area contributed by atoms with Gasteiger partial charge < -0.3 is 143 Å². The minimum absolute atomic E-state index is 0.0420. The number of nitrogens with two attached hydrogens (primary N) is 3. The van der Waals surface area contributed by atoms with Gasteiger partial charge in [-0.25, -0.2) is 4.79 Å². The summed E-state index contributed by atoms with van der Waals surface area (Å²) in [6.45, 7) is 8.66. The molecule has 23 N–H and O–H groups in total. The van der Waals surface area contributed by atoms with E-state index in [1.807, 2.05) is 13.8 Å². The number of primary amides is 1. The molecule has 110 heavy (non-hydrogen) atoms. The number of nitrogens with one attached hydrogen (secondary N) is 7. The lowest BCUT2D eigenvalue weighted by molar-refractivity contribution is -0.333. The van der Waals surface area contributed by atoms with E-state index in [9.17, 15) is 70.2 Å². The Kier molecular flexibility index (Phi) is 24.2. The number of aliphatic carboxylic acids is 1. The van der Waals surface area contributed by atoms with Gasteiger partial charge in [-0.05, 0) is 124 Å². The Balaban J connectivity index is 1.18. The summed E-state index contributed by atoms with van der Waals surface area (Å²) in [4.78, 5) is 120. The first-order valence-electron chi connectivity index (χ1n) is 35.2. The van der Waals surface area contributed by atoms with Crippen molar-refractivity contribution in [2.24, 2.45) is 23.1 Å². The highest BCUT2D eigenvalue weighted by Crippen LogP contribution is 2.50. The zero-order valence-electron chi connectivity index (χ0n) is 60.4. The second-order valence-electron chi connectivity index (χ2n) is 29.1. The molecule has 3 saturated heterocycles. The highest BCUT2D eigenvalue weighted by atomic mass is 35.5. The molecule has 1 unspecified atom stereocenters. The number of aliphatic hydroxyl groups excluding tert-OH is 6. The fourth-order valence-electron chi connectivity index (χ4n) is 14.2. The monoisotopic (exact) mass is 1560 g/mol. The van der Waals surface area contributed by atoms with Crippen molar-refractivity contribution in [3.8, 4) is 57.1 Å². The maximum Gasteiger partial charge on any atom is 0.330 e. The maximum absolute atomic E-state index is 16.3. The lowest BCUT2D eigenvalue weighted by Crippen LogP contribution is -2.64. The number of phenolic OH excluding ortho intramolecular Hbond substituents is 3. The molecule has 594 valence electrons. The number of halogens is 1. The van der Waals surface area contributed by atoms with Crippen LogP contribution < -0.4 is 68.6 Å². The first kappa shape index (κ1) is 81.4. The number of rotatable bonds is 15. The largest absolute Gasteiger partial charge is 0.508 e. The van der Waals surface area contributed by atoms with Gasteiger partial charge in [-0.2, -0.15) is 0 Å². The predicted molar refractivity (Wildman–Crippen MR) is 381 cm³/mol. The summed E-state index contributed by atoms with van der Waals surface area (Å²) < 4.78 is 51.7. The summed E-state index contributed by atoms with van der Waals surface area (Å²) in [7, 11) is 1.48. The van der Waals surface area contributed by atoms with Gasteiger partial charge in [0.1, 0.15) is 89.5 Å². The third-order valence-corrected chi connectivity index (χ3v) is 20.4. The van der Waals surface area contributed by atoms with Crippen molar-refractivity contribution in [1.29, 1.82) is 0 Å². The number of benzene rings is 5. The van der Waals surface area contributed by atoms with Crippen molar-refractivity contribution in [2.45, 2.75) is 201 Å². The molecule has 37 heteroatoms. The van der Waals surface area contributed by atoms with E-state index in [0.717, 1.165) is 48.5 Å². The molecule has 22 atom stereocenters. The SMILES string of the molecule is CN[C@H](CC(C)C)C(=O)N[C@H]1C(=O)N[C@@H](CC(N)=O)C(=O)N[C@H]2C(=O)N[C@H]3C(=O)N[C@H](C(=O)N[C@H](C(=O)O)c4cc(O)cc(O)c4-c4cc3ccc4O)[C@H](O[C@H]3C[C@](C)(N)[C@@H](O)[C@H](C)O3)c3ccc(cc3)Oc3cc2cc(c3OC2O[C@H](CO)[C@@H](O)[C@H](O)[C@H]2O[C@H]2C[C@](C)(N)[C@@H](O)[C@H](C)O2)Oc2ccc(cc2Cl)[C@H]1O. The number of carboxylic acids is 1. The van der Waals surface area contributed by atoms with E-state index in [4.69, 9.17) is 66.7 Å². The van der Waals surface area contributed by atoms with Crippen molar-refractivity contribution in [1.82, 2.24) is 37.2 Å². The minimum Gasteiger partial charge on any atom is -0.508 e. The van der Waals surface area contributed by atoms with Crippen LogP contribution in [0.1, 0.15) is 125 Å². The van der Waals surface area contributed by atoms with Gasteiger partial charge in [0, 0.05) is 46.7 Å². The molecular formula is C73H89ClN10O26. The standard InChI is InChI=1S/C73H89ClN10O26/c1-27(2)16-39(78-7)64(95)83-54-56(90)32-11-15-43(38(74)18-32)106-45-20-33-19-44(60(45)110-71-61(58(92)57(91)46(26-85)107-71)109-49-25-73(6,77)63(94)29(4)104-49)105-35-12-8-30(9-13-35)59(108-48-24-72(5,76)62(93)28(3)103-48)55-69(100)82-53(70(101)102)37-21-34(86)22-42(88)50(37)36-17-31(10-14-41(36)87)51(66(97)84-55)81-67(98)52(33)80-65(96)40(23-47(75)89)79-68(54)99/h8-15,17-22,27-29,39-40,46,48-49,51-59,61-63,71,78,85-88,90-94H,16,23-26,76-77H2,1-7H3,(H2,75,89)(H,79,99)(H,80,96)(H,81,98)(H,82,100)(H,83,95)(H,84,97)(H,101,102)/t28-,29-,39+,40-,46+,48-,49-,51+,52+,53-,54+,55-,56+,57+,58-,59+,61+,62-,63-,71?,72-,73-/m0/s1. The van der Waals surface area contributed by atoms with Gasteiger partial charge >= 0.3 is 5.97 Å². The van der Waals surface area contributed by atoms with E-state index in [-0.39, 0.29) is 58.4 Å². The van der Waals surface area contributed by atoms with Crippen LogP contribution >= 0.6 is 11.6 Å². The summed E-state index contributed by atoms with van der Waals surface area (Å²) in [5.41, 5.74) is 13.6. The number of fused-ring (bicyclic) bond motifs is 15. The van der Waals surface area contributed by atoms with Gasteiger partial charge in [-0.1, -0.05) is 49.7 Å². The van der Waals surface area contributed by atoms with E-state index in [1.165, 1.54) is 71.1 Å². The Morgan fingerprint density at radius 3 is 1.87 bits per heavy atom. The lowest BCUT2D eigenvalue weighted by Gasteiger charge is -2.47. The van der Waals surface area contributed by atoms with Crippen molar-refractivity contribution in [2.75, 3.05) is 13.7 Å². The molecule has 8 aliphatic heterocycles. The van der Waals surface area contributed by atoms with Crippen LogP contribution in [0.3, 0.4) is 0 Å². The summed E-state index contributed by atoms with van der Waals surface area (Å²) in [6, 6.07) is 1.51. The molecule has 0 aliphatic carbocycles. The molecule has 8 aliphatic rings. The molecule has 0 aromatic heterocycles. The number of ether oxygens (including phenoxy) is 8. The first-order chi connectivity index (χ1) is 51.8. The minimum atomic E-state index is -2.34. The summed E-state index contributed by atoms with van der Waals surface area (Å²) >= 11 is 7.13. The van der Waals surface area contributed by atoms with Crippen molar-refractivity contribution in [3.63, 3.8) is 0 Å². The van der Waals surface area contributed by atoms with E-state index >= 15 is 19.2 Å². The van der Waals surface area contributed by atoms with Gasteiger partial charge in [0.15, 0.2) is 36.2 Å². The molecule has 0 spiro atoms. The molecule has 0 saturated carbocycles. The average Bonchev–Trinajstić information content (AvgIpc) is 0.765. The highest BCUT2D eigenvalue weighted by Gasteiger charge is 2.52. The molecular weight excluding hydrogens is 1470 g/mol. The second kappa shape index (κ2) is 32.8. The van der Waals surface area contributed by atoms with E-state index in [1.54, 1.807) is 0 Å². The molecule has 0 radical (unpaired) electrons. The fraction of sp³-hybridized carbons (Fsp3) is 0.479. The van der Waals surface area contributed by atoms with Crippen LogP contribution in [0.15, 0.2) is 84.9 Å². The molecule has 36 nitrogen and oxygen atoms in total. The average molecular weight is 1560 g/mol. The number of aliphatic hydroxyl groups is 6. The van der Waals surface area contributed by atoms with Gasteiger partial charge in [-0.3, -0.25) is 33.6 Å². The number of aromatic hydroxyl groups is 3. The van der Waals surface area contributed by atoms with Crippen LogP contribution in [-0.4, -0.2) is 215 Å². The molecule has 8 heterocycles. The van der Waals surface area contributed by atoms with Gasteiger partial charge in [0.05, 0.1) is 48.5 Å². The molecule has 5 aromatic rings. The Hall–Kier alpha value is -9.61. The number of hydrogen-bond donors (Lipinski definition) is 20. The molecule has 13 rings (SSSR count). The van der Waals surface area contributed by atoms with Gasteiger partial charge in [-0.15, -0.1) is 0 Å². The number of hydrogen-bond acceptors (Lipinski definition) is 28. The van der Waals surface area contributed by atoms with Gasteiger partial charge in [0.2, 0.25) is 53.4 Å². The summed E-state index contributed by atoms with van der Waals surface area (Å²) in [5, 5.41) is 132. The normalized spacial score (nSPS) is 32.2. The Bertz CT molecular complexity index is 4350. The van der Waals surface area contributed by atoms with E-state index < -0.39 is 250 Å². The first-order valence-corrected chi connectivity index (χ1v) is 35.6. The molecule has 7 amide bonds.